The lowest BCUT2D eigenvalue weighted by Crippen LogP contribution is -2.41. The highest BCUT2D eigenvalue weighted by Gasteiger charge is 2.47. The molecule has 1 saturated heterocycles. The lowest BCUT2D eigenvalue weighted by atomic mass is 9.90. The van der Waals surface area contributed by atoms with E-state index in [0.717, 1.165) is 10.6 Å². The van der Waals surface area contributed by atoms with Crippen LogP contribution in [0.4, 0.5) is 17.6 Å². The summed E-state index contributed by atoms with van der Waals surface area (Å²) >= 11 is 0. The third kappa shape index (κ3) is 5.37. The van der Waals surface area contributed by atoms with Crippen molar-refractivity contribution in [2.75, 3.05) is 13.2 Å². The van der Waals surface area contributed by atoms with E-state index in [1.165, 1.54) is 13.1 Å². The molecule has 4 N–H and O–H groups in total. The van der Waals surface area contributed by atoms with Crippen LogP contribution in [-0.2, 0) is 10.9 Å². The SMILES string of the molecule is Cc1cn([C@H]2C[C@@](O)(CCCNC(=O)c3ccc([19F])c(C(F)(F)F)c3)[C@@H](CO)O2)c(=O)[nH]c1=O. The smallest absolute Gasteiger partial charge is 0.394 e. The minimum Gasteiger partial charge on any atom is -0.394 e. The Morgan fingerprint density at radius 1 is 1.35 bits per heavy atom. The van der Waals surface area contributed by atoms with Crippen molar-refractivity contribution in [3.05, 3.63) is 67.7 Å². The monoisotopic (exact) mass is 489 g/mol. The summed E-state index contributed by atoms with van der Waals surface area (Å²) in [6, 6.07) is 1.90. The van der Waals surface area contributed by atoms with Crippen LogP contribution >= 0.6 is 0 Å². The van der Waals surface area contributed by atoms with Crippen molar-refractivity contribution >= 4 is 5.91 Å². The lowest BCUT2D eigenvalue weighted by molar-refractivity contribution is -0.140. The Morgan fingerprint density at radius 2 is 2.06 bits per heavy atom. The fraction of sp³-hybridized carbons (Fsp3) is 0.476. The Kier molecular flexibility index (Phi) is 7.29. The normalized spacial score (nSPS) is 22.7. The zero-order valence-corrected chi connectivity index (χ0v) is 18.0. The molecule has 0 unspecified atom stereocenters. The number of nitrogens with one attached hydrogen (secondary N) is 2. The summed E-state index contributed by atoms with van der Waals surface area (Å²) < 4.78 is 58.6. The van der Waals surface area contributed by atoms with Gasteiger partial charge in [-0.1, -0.05) is 0 Å². The maximum Gasteiger partial charge on any atom is 0.419 e. The molecule has 1 aromatic heterocycles. The molecule has 1 amide bonds. The number of carbonyl (C=O) groups is 1. The van der Waals surface area contributed by atoms with Crippen LogP contribution in [-0.4, -0.2) is 50.5 Å². The van der Waals surface area contributed by atoms with Crippen LogP contribution in [0, 0.1) is 12.7 Å². The number of aromatic nitrogens is 2. The van der Waals surface area contributed by atoms with Crippen LogP contribution in [0.3, 0.4) is 0 Å². The molecule has 0 saturated carbocycles. The van der Waals surface area contributed by atoms with E-state index >= 15 is 0 Å². The van der Waals surface area contributed by atoms with Gasteiger partial charge in [0.25, 0.3) is 11.5 Å². The van der Waals surface area contributed by atoms with Crippen LogP contribution in [0.5, 0.6) is 0 Å². The molecule has 0 radical (unpaired) electrons. The van der Waals surface area contributed by atoms with Gasteiger partial charge in [0.15, 0.2) is 0 Å². The lowest BCUT2D eigenvalue weighted by Gasteiger charge is -2.26. The summed E-state index contributed by atoms with van der Waals surface area (Å²) in [4.78, 5) is 38.0. The maximum absolute atomic E-state index is 13.4. The van der Waals surface area contributed by atoms with Crippen molar-refractivity contribution in [2.45, 2.75) is 50.3 Å². The van der Waals surface area contributed by atoms with E-state index in [4.69, 9.17) is 4.74 Å². The van der Waals surface area contributed by atoms with Gasteiger partial charge in [-0.25, -0.2) is 9.18 Å². The average molecular weight is 489 g/mol. The molecule has 9 nitrogen and oxygen atoms in total. The summed E-state index contributed by atoms with van der Waals surface area (Å²) in [5.74, 6) is -2.35. The topological polar surface area (TPSA) is 134 Å². The van der Waals surface area contributed by atoms with E-state index in [9.17, 15) is 42.2 Å². The quantitative estimate of drug-likeness (QED) is 0.342. The van der Waals surface area contributed by atoms with Crippen LogP contribution < -0.4 is 16.6 Å². The third-order valence-corrected chi connectivity index (χ3v) is 5.68. The first-order valence-corrected chi connectivity index (χ1v) is 10.3. The molecule has 1 aromatic carbocycles. The zero-order valence-electron chi connectivity index (χ0n) is 18.0. The minimum atomic E-state index is -4.95. The van der Waals surface area contributed by atoms with Gasteiger partial charge in [0.05, 0.1) is 17.8 Å². The number of nitrogens with zero attached hydrogens (tertiary/aromatic N) is 1. The highest BCUT2D eigenvalue weighted by Crippen LogP contribution is 2.39. The molecule has 1 fully saturated rings. The number of benzene rings is 1. The number of carbonyl (C=O) groups excluding carboxylic acids is 1. The predicted molar refractivity (Wildman–Crippen MR) is 110 cm³/mol. The second-order valence-electron chi connectivity index (χ2n) is 8.10. The van der Waals surface area contributed by atoms with Crippen LogP contribution in [0.2, 0.25) is 0 Å². The number of H-pyrrole nitrogens is 1. The summed E-state index contributed by atoms with van der Waals surface area (Å²) in [6.07, 6.45) is -5.60. The largest absolute Gasteiger partial charge is 0.419 e. The van der Waals surface area contributed by atoms with Crippen molar-refractivity contribution in [1.29, 1.82) is 0 Å². The summed E-state index contributed by atoms with van der Waals surface area (Å²) in [7, 11) is 0. The number of amides is 1. The number of aryl methyl sites for hydroxylation is 1. The Bertz CT molecular complexity index is 1180. The molecule has 2 aromatic rings. The Hall–Kier alpha value is -3.03. The molecule has 3 atom stereocenters. The molecular weight excluding hydrogens is 466 g/mol. The molecule has 1 aliphatic rings. The Labute approximate surface area is 190 Å². The molecule has 2 heterocycles. The van der Waals surface area contributed by atoms with Crippen LogP contribution in [0.25, 0.3) is 0 Å². The third-order valence-electron chi connectivity index (χ3n) is 5.68. The average Bonchev–Trinajstić information content (AvgIpc) is 3.09. The fourth-order valence-electron chi connectivity index (χ4n) is 3.82. The molecular formula is C21H23F4N3O6. The minimum absolute atomic E-state index is 0.0172. The number of hydrogen-bond acceptors (Lipinski definition) is 6. The number of hydrogen-bond donors (Lipinski definition) is 4. The van der Waals surface area contributed by atoms with Gasteiger partial charge in [0.1, 0.15) is 18.1 Å². The summed E-state index contributed by atoms with van der Waals surface area (Å²) in [5, 5.41) is 23.0. The van der Waals surface area contributed by atoms with Crippen molar-refractivity contribution in [2.24, 2.45) is 0 Å². The van der Waals surface area contributed by atoms with Crippen molar-refractivity contribution in [3.8, 4) is 0 Å². The second-order valence-corrected chi connectivity index (χ2v) is 8.10. The van der Waals surface area contributed by atoms with E-state index in [2.05, 4.69) is 10.3 Å². The molecule has 3 rings (SSSR count). The number of aliphatic hydroxyl groups is 2. The first-order chi connectivity index (χ1) is 15.9. The first-order valence-electron chi connectivity index (χ1n) is 10.3. The van der Waals surface area contributed by atoms with Crippen molar-refractivity contribution in [1.82, 2.24) is 14.9 Å². The van der Waals surface area contributed by atoms with Gasteiger partial charge in [0.2, 0.25) is 0 Å². The molecule has 0 bridgehead atoms. The molecule has 13 heteroatoms. The van der Waals surface area contributed by atoms with Gasteiger partial charge >= 0.3 is 11.9 Å². The zero-order chi connectivity index (χ0) is 25.3. The number of ether oxygens (including phenoxy) is 1. The Balaban J connectivity index is 1.62. The number of aromatic amines is 1. The summed E-state index contributed by atoms with van der Waals surface area (Å²) in [6.45, 7) is 0.882. The molecule has 0 spiro atoms. The standard InChI is InChI=1S/C21H23F4N3O6/c1-11-9-28(19(32)27-17(11)30)16-8-20(33,15(10-29)34-16)5-2-6-26-18(31)12-3-4-14(22)13(7-12)21(23,24)25/h3-4,7,9,15-16,29,33H,2,5-6,8,10H2,1H3,(H,26,31)(H,27,30,32)/t15-,16-,20+/m1/s1/i22+0. The van der Waals surface area contributed by atoms with Gasteiger partial charge in [0, 0.05) is 30.3 Å². The summed E-state index contributed by atoms with van der Waals surface area (Å²) in [5.41, 5.74) is -4.57. The van der Waals surface area contributed by atoms with E-state index in [0.29, 0.717) is 12.1 Å². The van der Waals surface area contributed by atoms with Crippen LogP contribution in [0.15, 0.2) is 34.0 Å². The number of halogens is 4. The van der Waals surface area contributed by atoms with Gasteiger partial charge in [-0.05, 0) is 38.0 Å². The van der Waals surface area contributed by atoms with Gasteiger partial charge < -0.3 is 20.3 Å². The number of alkyl halides is 3. The highest BCUT2D eigenvalue weighted by molar-refractivity contribution is 5.94. The molecule has 186 valence electrons. The van der Waals surface area contributed by atoms with E-state index in [-0.39, 0.29) is 36.9 Å². The fourth-order valence-corrected chi connectivity index (χ4v) is 3.82. The van der Waals surface area contributed by atoms with Crippen molar-refractivity contribution < 1.29 is 37.3 Å². The van der Waals surface area contributed by atoms with Gasteiger partial charge in [-0.15, -0.1) is 0 Å². The second kappa shape index (κ2) is 9.68. The predicted octanol–water partition coefficient (Wildman–Crippen LogP) is 1.22. The maximum atomic E-state index is 13.4. The molecule has 0 aliphatic carbocycles. The van der Waals surface area contributed by atoms with Crippen LogP contribution in [0.1, 0.15) is 47.0 Å². The molecule has 34 heavy (non-hydrogen) atoms. The van der Waals surface area contributed by atoms with Gasteiger partial charge in [-0.2, -0.15) is 13.2 Å². The van der Waals surface area contributed by atoms with E-state index in [1.807, 2.05) is 0 Å². The molecule has 1 aliphatic heterocycles. The highest BCUT2D eigenvalue weighted by atomic mass is 19.4. The number of rotatable bonds is 7. The van der Waals surface area contributed by atoms with Crippen molar-refractivity contribution in [3.63, 3.8) is 0 Å². The Morgan fingerprint density at radius 3 is 2.71 bits per heavy atom. The van der Waals surface area contributed by atoms with E-state index in [1.54, 1.807) is 0 Å². The van der Waals surface area contributed by atoms with Gasteiger partial charge in [-0.3, -0.25) is 19.1 Å². The first kappa shape index (κ1) is 25.6. The number of aliphatic hydroxyl groups excluding tert-OH is 1. The van der Waals surface area contributed by atoms with E-state index < -0.39 is 59.3 Å².